The number of nitrogens with one attached hydrogen (secondary N) is 2. The van der Waals surface area contributed by atoms with Crippen LogP contribution in [0.5, 0.6) is 0 Å². The van der Waals surface area contributed by atoms with Gasteiger partial charge in [-0.1, -0.05) is 25.8 Å². The Morgan fingerprint density at radius 2 is 1.93 bits per heavy atom. The van der Waals surface area contributed by atoms with Crippen molar-refractivity contribution in [1.82, 2.24) is 15.5 Å². The van der Waals surface area contributed by atoms with Crippen LogP contribution in [0.4, 0.5) is 8.78 Å². The van der Waals surface area contributed by atoms with Crippen molar-refractivity contribution in [2.45, 2.75) is 56.9 Å². The molecule has 1 atom stereocenters. The molecule has 1 aromatic rings. The van der Waals surface area contributed by atoms with E-state index in [1.54, 1.807) is 7.05 Å². The minimum Gasteiger partial charge on any atom is -0.356 e. The number of likely N-dealkylation sites (tertiary alicyclic amines) is 1. The Bertz CT molecular complexity index is 717. The highest BCUT2D eigenvalue weighted by Gasteiger charge is 2.40. The van der Waals surface area contributed by atoms with Crippen LogP contribution in [0.15, 0.2) is 23.2 Å². The lowest BCUT2D eigenvalue weighted by molar-refractivity contribution is -0.129. The third kappa shape index (κ3) is 5.38. The Hall–Kier alpha value is -1.45. The molecular formula is C21H31F2IN4O. The van der Waals surface area contributed by atoms with Crippen LogP contribution >= 0.6 is 24.0 Å². The minimum atomic E-state index is -0.563. The summed E-state index contributed by atoms with van der Waals surface area (Å²) in [5, 5.41) is 6.65. The van der Waals surface area contributed by atoms with Gasteiger partial charge in [0.15, 0.2) is 5.96 Å². The Morgan fingerprint density at radius 1 is 1.28 bits per heavy atom. The molecule has 1 aliphatic heterocycles. The summed E-state index contributed by atoms with van der Waals surface area (Å²) in [6, 6.07) is 4.22. The van der Waals surface area contributed by atoms with Crippen molar-refractivity contribution in [3.8, 4) is 0 Å². The third-order valence-corrected chi connectivity index (χ3v) is 6.06. The van der Waals surface area contributed by atoms with E-state index in [0.717, 1.165) is 38.6 Å². The van der Waals surface area contributed by atoms with E-state index in [2.05, 4.69) is 15.6 Å². The first kappa shape index (κ1) is 23.8. The highest BCUT2D eigenvalue weighted by atomic mass is 127. The van der Waals surface area contributed by atoms with Gasteiger partial charge < -0.3 is 15.5 Å². The second kappa shape index (κ2) is 10.5. The molecular weight excluding hydrogens is 489 g/mol. The zero-order chi connectivity index (χ0) is 20.1. The molecule has 0 spiro atoms. The van der Waals surface area contributed by atoms with Crippen molar-refractivity contribution in [2.75, 3.05) is 26.7 Å². The lowest BCUT2D eigenvalue weighted by Crippen LogP contribution is -2.49. The number of nitrogens with zero attached hydrogens (tertiary/aromatic N) is 2. The van der Waals surface area contributed by atoms with Crippen molar-refractivity contribution >= 4 is 35.8 Å². The fourth-order valence-electron chi connectivity index (χ4n) is 4.54. The van der Waals surface area contributed by atoms with Crippen molar-refractivity contribution in [3.05, 3.63) is 35.4 Å². The number of carbonyl (C=O) groups excluding carboxylic acids is 1. The zero-order valence-electron chi connectivity index (χ0n) is 17.1. The van der Waals surface area contributed by atoms with Crippen LogP contribution in [-0.2, 0) is 10.2 Å². The zero-order valence-corrected chi connectivity index (χ0v) is 19.5. The fourth-order valence-corrected chi connectivity index (χ4v) is 4.54. The van der Waals surface area contributed by atoms with E-state index in [1.807, 2.05) is 11.8 Å². The fraction of sp³-hybridized carbons (Fsp3) is 0.619. The first-order chi connectivity index (χ1) is 13.5. The highest BCUT2D eigenvalue weighted by molar-refractivity contribution is 14.0. The Morgan fingerprint density at radius 3 is 2.52 bits per heavy atom. The maximum absolute atomic E-state index is 14.5. The van der Waals surface area contributed by atoms with Gasteiger partial charge in [0.1, 0.15) is 11.6 Å². The first-order valence-electron chi connectivity index (χ1n) is 10.2. The topological polar surface area (TPSA) is 56.7 Å². The summed E-state index contributed by atoms with van der Waals surface area (Å²) in [6.07, 6.45) is 4.78. The van der Waals surface area contributed by atoms with Gasteiger partial charge in [-0.2, -0.15) is 0 Å². The van der Waals surface area contributed by atoms with Crippen molar-refractivity contribution < 1.29 is 13.6 Å². The predicted molar refractivity (Wildman–Crippen MR) is 122 cm³/mol. The Kier molecular flexibility index (Phi) is 8.66. The maximum Gasteiger partial charge on any atom is 0.222 e. The number of carbonyl (C=O) groups is 1. The SMILES string of the molecule is CCC(=O)N1CCC(NC(=NC)NCC2(c3c(F)cccc3F)CCCC2)C1.I. The van der Waals surface area contributed by atoms with E-state index in [-0.39, 0.29) is 41.5 Å². The maximum atomic E-state index is 14.5. The number of amides is 1. The van der Waals surface area contributed by atoms with Crippen molar-refractivity contribution in [1.29, 1.82) is 0 Å². The molecule has 0 radical (unpaired) electrons. The van der Waals surface area contributed by atoms with E-state index in [4.69, 9.17) is 0 Å². The third-order valence-electron chi connectivity index (χ3n) is 6.06. The van der Waals surface area contributed by atoms with Gasteiger partial charge in [0, 0.05) is 50.1 Å². The van der Waals surface area contributed by atoms with Crippen LogP contribution in [0.1, 0.15) is 51.0 Å². The van der Waals surface area contributed by atoms with Crippen LogP contribution in [0.3, 0.4) is 0 Å². The second-order valence-electron chi connectivity index (χ2n) is 7.83. The molecule has 29 heavy (non-hydrogen) atoms. The van der Waals surface area contributed by atoms with Gasteiger partial charge >= 0.3 is 0 Å². The van der Waals surface area contributed by atoms with Gasteiger partial charge in [-0.05, 0) is 31.4 Å². The monoisotopic (exact) mass is 520 g/mol. The predicted octanol–water partition coefficient (Wildman–Crippen LogP) is 3.57. The van der Waals surface area contributed by atoms with Crippen LogP contribution in [0.2, 0.25) is 0 Å². The number of halogens is 3. The summed E-state index contributed by atoms with van der Waals surface area (Å²) >= 11 is 0. The van der Waals surface area contributed by atoms with Gasteiger partial charge in [0.25, 0.3) is 0 Å². The molecule has 1 aromatic carbocycles. The average Bonchev–Trinajstić information content (AvgIpc) is 3.34. The van der Waals surface area contributed by atoms with E-state index in [9.17, 15) is 13.6 Å². The van der Waals surface area contributed by atoms with Crippen molar-refractivity contribution in [3.63, 3.8) is 0 Å². The summed E-state index contributed by atoms with van der Waals surface area (Å²) in [4.78, 5) is 18.0. The summed E-state index contributed by atoms with van der Waals surface area (Å²) in [5.41, 5.74) is -0.372. The number of benzene rings is 1. The van der Waals surface area contributed by atoms with Crippen LogP contribution in [0, 0.1) is 11.6 Å². The molecule has 0 bridgehead atoms. The largest absolute Gasteiger partial charge is 0.356 e. The van der Waals surface area contributed by atoms with Gasteiger partial charge in [0.05, 0.1) is 0 Å². The van der Waals surface area contributed by atoms with Gasteiger partial charge in [0.2, 0.25) is 5.91 Å². The quantitative estimate of drug-likeness (QED) is 0.355. The molecule has 2 aliphatic rings. The highest BCUT2D eigenvalue weighted by Crippen LogP contribution is 2.42. The van der Waals surface area contributed by atoms with Crippen LogP contribution in [-0.4, -0.2) is 49.5 Å². The minimum absolute atomic E-state index is 0. The Labute approximate surface area is 188 Å². The van der Waals surface area contributed by atoms with Gasteiger partial charge in [-0.25, -0.2) is 8.78 Å². The number of aliphatic imine (C=N–C) groups is 1. The molecule has 162 valence electrons. The number of hydrogen-bond donors (Lipinski definition) is 2. The molecule has 1 heterocycles. The molecule has 1 unspecified atom stereocenters. The molecule has 1 amide bonds. The lowest BCUT2D eigenvalue weighted by atomic mass is 9.78. The molecule has 5 nitrogen and oxygen atoms in total. The van der Waals surface area contributed by atoms with Gasteiger partial charge in [-0.15, -0.1) is 24.0 Å². The second-order valence-corrected chi connectivity index (χ2v) is 7.83. The smallest absolute Gasteiger partial charge is 0.222 e. The molecule has 3 rings (SSSR count). The first-order valence-corrected chi connectivity index (χ1v) is 10.2. The molecule has 2 N–H and O–H groups in total. The van der Waals surface area contributed by atoms with E-state index in [0.29, 0.717) is 25.5 Å². The molecule has 1 saturated carbocycles. The molecule has 1 saturated heterocycles. The van der Waals surface area contributed by atoms with E-state index >= 15 is 0 Å². The Balaban J connectivity index is 0.00000300. The lowest BCUT2D eigenvalue weighted by Gasteiger charge is -2.31. The number of rotatable bonds is 5. The van der Waals surface area contributed by atoms with Crippen LogP contribution in [0.25, 0.3) is 0 Å². The van der Waals surface area contributed by atoms with Crippen molar-refractivity contribution in [2.24, 2.45) is 4.99 Å². The molecule has 1 aliphatic carbocycles. The molecule has 0 aromatic heterocycles. The van der Waals surface area contributed by atoms with E-state index in [1.165, 1.54) is 18.2 Å². The molecule has 8 heteroatoms. The van der Waals surface area contributed by atoms with E-state index < -0.39 is 17.0 Å². The summed E-state index contributed by atoms with van der Waals surface area (Å²) in [5.74, 6) is -0.182. The average molecular weight is 520 g/mol. The molecule has 2 fully saturated rings. The summed E-state index contributed by atoms with van der Waals surface area (Å²) in [7, 11) is 1.68. The number of guanidine groups is 1. The van der Waals surface area contributed by atoms with Gasteiger partial charge in [-0.3, -0.25) is 9.79 Å². The normalized spacial score (nSPS) is 21.0. The van der Waals surface area contributed by atoms with Crippen LogP contribution < -0.4 is 10.6 Å². The standard InChI is InChI=1S/C21H30F2N4O.HI/c1-3-18(28)27-12-9-15(13-27)26-20(24-2)25-14-21(10-4-5-11-21)19-16(22)7-6-8-17(19)23;/h6-8,15H,3-5,9-14H2,1-2H3,(H2,24,25,26);1H. The number of hydrogen-bond acceptors (Lipinski definition) is 2. The summed E-state index contributed by atoms with van der Waals surface area (Å²) in [6.45, 7) is 3.69. The summed E-state index contributed by atoms with van der Waals surface area (Å²) < 4.78 is 29.0.